The Balaban J connectivity index is 2.63. The van der Waals surface area contributed by atoms with Crippen molar-refractivity contribution in [2.24, 2.45) is 0 Å². The van der Waals surface area contributed by atoms with Gasteiger partial charge in [-0.25, -0.2) is 4.79 Å². The summed E-state index contributed by atoms with van der Waals surface area (Å²) in [7, 11) is 0. The fraction of sp³-hybridized carbons (Fsp3) is 0.200. The number of carbonyl (C=O) groups is 1. The smallest absolute Gasteiger partial charge is 0.337 e. The highest BCUT2D eigenvalue weighted by Crippen LogP contribution is 2.19. The number of carboxylic acid groups (broad SMARTS) is 1. The number of aryl methyl sites for hydroxylation is 1. The Morgan fingerprint density at radius 2 is 2.27 bits per heavy atom. The molecule has 0 atom stereocenters. The summed E-state index contributed by atoms with van der Waals surface area (Å²) in [5, 5.41) is 12.7. The SMILES string of the molecule is Cc1cc(C(=O)O)c(C)n1-c1ccon1. The summed E-state index contributed by atoms with van der Waals surface area (Å²) in [5.74, 6) is -0.338. The predicted octanol–water partition coefficient (Wildman–Crippen LogP) is 1.78. The van der Waals surface area contributed by atoms with Crippen LogP contribution in [-0.2, 0) is 0 Å². The minimum atomic E-state index is -0.933. The molecule has 2 rings (SSSR count). The highest BCUT2D eigenvalue weighted by molar-refractivity contribution is 5.89. The van der Waals surface area contributed by atoms with Crippen molar-refractivity contribution in [1.82, 2.24) is 9.72 Å². The maximum Gasteiger partial charge on any atom is 0.337 e. The molecular formula is C10H10N2O3. The van der Waals surface area contributed by atoms with Crippen LogP contribution in [-0.4, -0.2) is 20.8 Å². The Bertz CT molecular complexity index is 497. The van der Waals surface area contributed by atoms with E-state index in [9.17, 15) is 4.79 Å². The number of hydrogen-bond donors (Lipinski definition) is 1. The number of hydrogen-bond acceptors (Lipinski definition) is 3. The summed E-state index contributed by atoms with van der Waals surface area (Å²) in [6.07, 6.45) is 1.45. The van der Waals surface area contributed by atoms with Crippen molar-refractivity contribution in [2.45, 2.75) is 13.8 Å². The van der Waals surface area contributed by atoms with Crippen LogP contribution in [0.15, 0.2) is 22.9 Å². The molecule has 0 spiro atoms. The van der Waals surface area contributed by atoms with E-state index in [1.807, 2.05) is 6.92 Å². The van der Waals surface area contributed by atoms with Crippen molar-refractivity contribution in [1.29, 1.82) is 0 Å². The lowest BCUT2D eigenvalue weighted by atomic mass is 10.2. The normalized spacial score (nSPS) is 10.5. The maximum absolute atomic E-state index is 10.9. The van der Waals surface area contributed by atoms with E-state index in [1.54, 1.807) is 23.6 Å². The quantitative estimate of drug-likeness (QED) is 0.813. The van der Waals surface area contributed by atoms with Crippen LogP contribution in [0.25, 0.3) is 5.82 Å². The zero-order valence-electron chi connectivity index (χ0n) is 8.39. The second kappa shape index (κ2) is 3.27. The molecule has 2 aromatic heterocycles. The first-order chi connectivity index (χ1) is 7.11. The molecule has 0 radical (unpaired) electrons. The summed E-state index contributed by atoms with van der Waals surface area (Å²) in [5.41, 5.74) is 1.75. The molecule has 0 aliphatic rings. The molecule has 2 heterocycles. The van der Waals surface area contributed by atoms with Crippen molar-refractivity contribution in [3.8, 4) is 5.82 Å². The second-order valence-corrected chi connectivity index (χ2v) is 3.28. The third-order valence-corrected chi connectivity index (χ3v) is 2.31. The third-order valence-electron chi connectivity index (χ3n) is 2.31. The van der Waals surface area contributed by atoms with Gasteiger partial charge in [0.2, 0.25) is 0 Å². The lowest BCUT2D eigenvalue weighted by Gasteiger charge is -2.03. The van der Waals surface area contributed by atoms with E-state index in [-0.39, 0.29) is 5.56 Å². The highest BCUT2D eigenvalue weighted by Gasteiger charge is 2.16. The first-order valence-corrected chi connectivity index (χ1v) is 4.44. The molecule has 0 unspecified atom stereocenters. The molecular weight excluding hydrogens is 196 g/mol. The van der Waals surface area contributed by atoms with E-state index in [1.165, 1.54) is 6.26 Å². The number of carboxylic acids is 1. The molecule has 0 aliphatic carbocycles. The van der Waals surface area contributed by atoms with Gasteiger partial charge in [0, 0.05) is 17.5 Å². The van der Waals surface area contributed by atoms with E-state index in [2.05, 4.69) is 5.16 Å². The Labute approximate surface area is 85.9 Å². The average Bonchev–Trinajstić information content (AvgIpc) is 2.73. The molecule has 0 aromatic carbocycles. The first kappa shape index (κ1) is 9.51. The number of aromatic carboxylic acids is 1. The molecule has 0 bridgehead atoms. The van der Waals surface area contributed by atoms with Crippen molar-refractivity contribution >= 4 is 5.97 Å². The van der Waals surface area contributed by atoms with E-state index in [4.69, 9.17) is 9.63 Å². The topological polar surface area (TPSA) is 68.3 Å². The fourth-order valence-electron chi connectivity index (χ4n) is 1.65. The Hall–Kier alpha value is -2.04. The van der Waals surface area contributed by atoms with Gasteiger partial charge in [-0.2, -0.15) is 0 Å². The van der Waals surface area contributed by atoms with Crippen molar-refractivity contribution in [3.63, 3.8) is 0 Å². The average molecular weight is 206 g/mol. The van der Waals surface area contributed by atoms with Gasteiger partial charge in [-0.15, -0.1) is 0 Å². The summed E-state index contributed by atoms with van der Waals surface area (Å²) >= 11 is 0. The molecule has 0 saturated carbocycles. The van der Waals surface area contributed by atoms with Crippen LogP contribution in [0, 0.1) is 13.8 Å². The Morgan fingerprint density at radius 3 is 2.73 bits per heavy atom. The molecule has 5 nitrogen and oxygen atoms in total. The number of aromatic nitrogens is 2. The standard InChI is InChI=1S/C10H10N2O3/c1-6-5-8(10(13)14)7(2)12(6)9-3-4-15-11-9/h3-5H,1-2H3,(H,13,14). The summed E-state index contributed by atoms with van der Waals surface area (Å²) in [6.45, 7) is 3.57. The predicted molar refractivity (Wildman–Crippen MR) is 52.3 cm³/mol. The fourth-order valence-corrected chi connectivity index (χ4v) is 1.65. The minimum Gasteiger partial charge on any atom is -0.478 e. The lowest BCUT2D eigenvalue weighted by Crippen LogP contribution is -2.02. The van der Waals surface area contributed by atoms with Crippen molar-refractivity contribution < 1.29 is 14.4 Å². The van der Waals surface area contributed by atoms with Crippen LogP contribution in [0.5, 0.6) is 0 Å². The van der Waals surface area contributed by atoms with E-state index < -0.39 is 5.97 Å². The molecule has 0 amide bonds. The largest absolute Gasteiger partial charge is 0.478 e. The summed E-state index contributed by atoms with van der Waals surface area (Å²) < 4.78 is 6.47. The Morgan fingerprint density at radius 1 is 1.53 bits per heavy atom. The molecule has 0 fully saturated rings. The van der Waals surface area contributed by atoms with Gasteiger partial charge >= 0.3 is 5.97 Å². The first-order valence-electron chi connectivity index (χ1n) is 4.44. The molecule has 15 heavy (non-hydrogen) atoms. The van der Waals surface area contributed by atoms with Gasteiger partial charge in [0.05, 0.1) is 5.56 Å². The Kier molecular flexibility index (Phi) is 2.07. The highest BCUT2D eigenvalue weighted by atomic mass is 16.5. The van der Waals surface area contributed by atoms with Crippen molar-refractivity contribution in [3.05, 3.63) is 35.3 Å². The molecule has 1 N–H and O–H groups in total. The van der Waals surface area contributed by atoms with E-state index in [0.717, 1.165) is 5.69 Å². The number of rotatable bonds is 2. The van der Waals surface area contributed by atoms with Crippen LogP contribution in [0.3, 0.4) is 0 Å². The molecule has 0 saturated heterocycles. The zero-order valence-corrected chi connectivity index (χ0v) is 8.39. The summed E-state index contributed by atoms with van der Waals surface area (Å²) in [6, 6.07) is 3.30. The van der Waals surface area contributed by atoms with Gasteiger partial charge < -0.3 is 9.63 Å². The second-order valence-electron chi connectivity index (χ2n) is 3.28. The summed E-state index contributed by atoms with van der Waals surface area (Å²) in [4.78, 5) is 10.9. The van der Waals surface area contributed by atoms with E-state index in [0.29, 0.717) is 11.5 Å². The van der Waals surface area contributed by atoms with Gasteiger partial charge in [0.15, 0.2) is 5.82 Å². The van der Waals surface area contributed by atoms with Gasteiger partial charge in [-0.05, 0) is 19.9 Å². The van der Waals surface area contributed by atoms with Gasteiger partial charge in [0.1, 0.15) is 6.26 Å². The molecule has 5 heteroatoms. The molecule has 2 aromatic rings. The van der Waals surface area contributed by atoms with Crippen LogP contribution in [0.1, 0.15) is 21.7 Å². The van der Waals surface area contributed by atoms with E-state index >= 15 is 0 Å². The lowest BCUT2D eigenvalue weighted by molar-refractivity contribution is 0.0696. The van der Waals surface area contributed by atoms with Crippen molar-refractivity contribution in [2.75, 3.05) is 0 Å². The van der Waals surface area contributed by atoms with Gasteiger partial charge in [0.25, 0.3) is 0 Å². The minimum absolute atomic E-state index is 0.288. The van der Waals surface area contributed by atoms with Gasteiger partial charge in [-0.3, -0.25) is 4.57 Å². The number of nitrogens with zero attached hydrogens (tertiary/aromatic N) is 2. The third kappa shape index (κ3) is 1.41. The zero-order chi connectivity index (χ0) is 11.0. The van der Waals surface area contributed by atoms with Crippen LogP contribution < -0.4 is 0 Å². The van der Waals surface area contributed by atoms with Crippen LogP contribution in [0.4, 0.5) is 0 Å². The van der Waals surface area contributed by atoms with Crippen LogP contribution >= 0.6 is 0 Å². The van der Waals surface area contributed by atoms with Gasteiger partial charge in [-0.1, -0.05) is 5.16 Å². The molecule has 78 valence electrons. The van der Waals surface area contributed by atoms with Crippen LogP contribution in [0.2, 0.25) is 0 Å². The maximum atomic E-state index is 10.9. The monoisotopic (exact) mass is 206 g/mol. The molecule has 0 aliphatic heterocycles.